The van der Waals surface area contributed by atoms with Gasteiger partial charge in [0.25, 0.3) is 0 Å². The van der Waals surface area contributed by atoms with Crippen LogP contribution in [0, 0.1) is 0 Å². The number of rotatable bonds is 7. The number of fused-ring (bicyclic) bond motifs is 5. The first-order valence-corrected chi connectivity index (χ1v) is 21.4. The predicted octanol–water partition coefficient (Wildman–Crippen LogP) is 14.3. The Bertz CT molecular complexity index is 3380. The topological polar surface area (TPSA) is 51.6 Å². The summed E-state index contributed by atoms with van der Waals surface area (Å²) in [5, 5.41) is 3.24. The molecule has 0 N–H and O–H groups in total. The Morgan fingerprint density at radius 2 is 0.810 bits per heavy atom. The average molecular weight is 803 g/mol. The number of hydrogen-bond donors (Lipinski definition) is 0. The van der Waals surface area contributed by atoms with Crippen LogP contribution in [0.15, 0.2) is 231 Å². The Labute approximate surface area is 365 Å². The van der Waals surface area contributed by atoms with Crippen LogP contribution in [0.25, 0.3) is 89.4 Å². The molecule has 9 aromatic carbocycles. The molecule has 1 aliphatic rings. The van der Waals surface area contributed by atoms with Crippen molar-refractivity contribution in [2.75, 3.05) is 0 Å². The second-order valence-corrected chi connectivity index (χ2v) is 16.1. The molecule has 2 aromatic heterocycles. The minimum absolute atomic E-state index is 0.547. The van der Waals surface area contributed by atoms with E-state index in [0.29, 0.717) is 17.5 Å². The lowest BCUT2D eigenvalue weighted by atomic mass is 9.67. The third-order valence-corrected chi connectivity index (χ3v) is 12.6. The Morgan fingerprint density at radius 1 is 0.286 bits per heavy atom. The van der Waals surface area contributed by atoms with Crippen molar-refractivity contribution >= 4 is 21.7 Å². The first-order valence-electron chi connectivity index (χ1n) is 21.4. The first-order chi connectivity index (χ1) is 31.2. The van der Waals surface area contributed by atoms with Crippen molar-refractivity contribution in [1.29, 1.82) is 0 Å². The molecule has 0 saturated heterocycles. The highest BCUT2D eigenvalue weighted by Gasteiger charge is 2.46. The van der Waals surface area contributed by atoms with E-state index in [-0.39, 0.29) is 0 Å². The van der Waals surface area contributed by atoms with Crippen LogP contribution in [0.2, 0.25) is 0 Å². The van der Waals surface area contributed by atoms with Crippen LogP contribution in [0.1, 0.15) is 22.3 Å². The van der Waals surface area contributed by atoms with Crippen LogP contribution in [-0.2, 0) is 5.41 Å². The minimum Gasteiger partial charge on any atom is -0.248 e. The molecular formula is C59H38N4. The molecule has 2 heterocycles. The summed E-state index contributed by atoms with van der Waals surface area (Å²) in [5.74, 6) is 1.88. The van der Waals surface area contributed by atoms with E-state index in [1.54, 1.807) is 0 Å². The van der Waals surface area contributed by atoms with Crippen LogP contribution in [0.3, 0.4) is 0 Å². The summed E-state index contributed by atoms with van der Waals surface area (Å²) in [6, 6.07) is 81.8. The average Bonchev–Trinajstić information content (AvgIpc) is 3.66. The lowest BCUT2D eigenvalue weighted by molar-refractivity contribution is 0.769. The summed E-state index contributed by atoms with van der Waals surface area (Å²) < 4.78 is 0. The molecule has 63 heavy (non-hydrogen) atoms. The maximum Gasteiger partial charge on any atom is 0.164 e. The third kappa shape index (κ3) is 6.07. The molecule has 0 radical (unpaired) electrons. The van der Waals surface area contributed by atoms with E-state index in [1.165, 1.54) is 33.4 Å². The summed E-state index contributed by atoms with van der Waals surface area (Å²) >= 11 is 0. The smallest absolute Gasteiger partial charge is 0.164 e. The highest BCUT2D eigenvalue weighted by Crippen LogP contribution is 2.57. The van der Waals surface area contributed by atoms with E-state index >= 15 is 0 Å². The molecule has 4 heteroatoms. The van der Waals surface area contributed by atoms with Gasteiger partial charge in [-0.15, -0.1) is 0 Å². The van der Waals surface area contributed by atoms with Gasteiger partial charge in [-0.3, -0.25) is 0 Å². The van der Waals surface area contributed by atoms with E-state index in [2.05, 4.69) is 194 Å². The first kappa shape index (κ1) is 36.5. The molecule has 0 bridgehead atoms. The molecule has 1 aliphatic carbocycles. The van der Waals surface area contributed by atoms with Gasteiger partial charge in [-0.05, 0) is 85.6 Å². The van der Waals surface area contributed by atoms with Crippen molar-refractivity contribution in [1.82, 2.24) is 19.9 Å². The van der Waals surface area contributed by atoms with Crippen LogP contribution in [0.4, 0.5) is 0 Å². The lowest BCUT2D eigenvalue weighted by Gasteiger charge is -2.34. The lowest BCUT2D eigenvalue weighted by Crippen LogP contribution is -2.28. The highest BCUT2D eigenvalue weighted by atomic mass is 15.0. The zero-order chi connectivity index (χ0) is 41.7. The van der Waals surface area contributed by atoms with E-state index in [4.69, 9.17) is 19.9 Å². The van der Waals surface area contributed by atoms with Crippen LogP contribution in [0.5, 0.6) is 0 Å². The van der Waals surface area contributed by atoms with Crippen molar-refractivity contribution in [2.24, 2.45) is 0 Å². The molecule has 0 fully saturated rings. The van der Waals surface area contributed by atoms with Gasteiger partial charge in [0.05, 0.1) is 16.6 Å². The van der Waals surface area contributed by atoms with E-state index < -0.39 is 5.41 Å². The molecule has 294 valence electrons. The highest BCUT2D eigenvalue weighted by molar-refractivity contribution is 6.06. The Kier molecular flexibility index (Phi) is 8.68. The van der Waals surface area contributed by atoms with E-state index in [1.807, 2.05) is 36.4 Å². The molecule has 12 rings (SSSR count). The van der Waals surface area contributed by atoms with Gasteiger partial charge in [-0.1, -0.05) is 200 Å². The predicted molar refractivity (Wildman–Crippen MR) is 257 cm³/mol. The van der Waals surface area contributed by atoms with Gasteiger partial charge >= 0.3 is 0 Å². The Balaban J connectivity index is 1.16. The molecule has 4 nitrogen and oxygen atoms in total. The monoisotopic (exact) mass is 802 g/mol. The van der Waals surface area contributed by atoms with Gasteiger partial charge < -0.3 is 0 Å². The van der Waals surface area contributed by atoms with Gasteiger partial charge in [-0.25, -0.2) is 19.9 Å². The molecule has 0 aliphatic heterocycles. The molecule has 11 aromatic rings. The van der Waals surface area contributed by atoms with Gasteiger partial charge in [0.1, 0.15) is 0 Å². The zero-order valence-corrected chi connectivity index (χ0v) is 34.2. The van der Waals surface area contributed by atoms with Crippen molar-refractivity contribution in [2.45, 2.75) is 5.41 Å². The van der Waals surface area contributed by atoms with Crippen molar-refractivity contribution < 1.29 is 0 Å². The second kappa shape index (κ2) is 15.0. The number of aromatic nitrogens is 4. The maximum atomic E-state index is 5.53. The molecule has 0 spiro atoms. The van der Waals surface area contributed by atoms with E-state index in [0.717, 1.165) is 60.8 Å². The summed E-state index contributed by atoms with van der Waals surface area (Å²) in [6.45, 7) is 0. The minimum atomic E-state index is -0.547. The number of hydrogen-bond acceptors (Lipinski definition) is 4. The summed E-state index contributed by atoms with van der Waals surface area (Å²) in [7, 11) is 0. The van der Waals surface area contributed by atoms with Crippen molar-refractivity contribution in [3.8, 4) is 67.7 Å². The summed E-state index contributed by atoms with van der Waals surface area (Å²) in [6.07, 6.45) is 0. The van der Waals surface area contributed by atoms with Gasteiger partial charge in [-0.2, -0.15) is 0 Å². The molecule has 0 amide bonds. The number of nitrogens with zero attached hydrogens (tertiary/aromatic N) is 4. The number of benzene rings is 9. The third-order valence-electron chi connectivity index (χ3n) is 12.6. The second-order valence-electron chi connectivity index (χ2n) is 16.1. The summed E-state index contributed by atoms with van der Waals surface area (Å²) in [4.78, 5) is 21.0. The van der Waals surface area contributed by atoms with Gasteiger partial charge in [0.15, 0.2) is 17.5 Å². The summed E-state index contributed by atoms with van der Waals surface area (Å²) in [5.41, 5.74) is 14.7. The number of pyridine rings is 1. The van der Waals surface area contributed by atoms with Crippen molar-refractivity contribution in [3.63, 3.8) is 0 Å². The van der Waals surface area contributed by atoms with Crippen molar-refractivity contribution in [3.05, 3.63) is 253 Å². The van der Waals surface area contributed by atoms with Gasteiger partial charge in [0.2, 0.25) is 0 Å². The normalized spacial score (nSPS) is 12.6. The van der Waals surface area contributed by atoms with Gasteiger partial charge in [0, 0.05) is 27.6 Å². The molecule has 0 saturated carbocycles. The fourth-order valence-corrected chi connectivity index (χ4v) is 9.74. The Morgan fingerprint density at radius 3 is 1.44 bits per heavy atom. The van der Waals surface area contributed by atoms with E-state index in [9.17, 15) is 0 Å². The van der Waals surface area contributed by atoms with Crippen LogP contribution >= 0.6 is 0 Å². The molecular weight excluding hydrogens is 765 g/mol. The standard InChI is InChI=1S/C59H38N4/c1-6-20-39(21-7-1)54-37-48(50-36-49-47-32-18-19-33-52(47)59(44-27-12-4-13-28-44,45-29-14-5-15-30-45)53(49)38-55(50)60-54)43-34-42-26-16-17-31-46(42)51(35-43)58-62-56(40-22-8-2-9-23-40)61-57(63-58)41-24-10-3-11-25-41/h1-38H. The largest absolute Gasteiger partial charge is 0.248 e. The fourth-order valence-electron chi connectivity index (χ4n) is 9.74. The molecule has 0 atom stereocenters. The fraction of sp³-hybridized carbons (Fsp3) is 0.0169. The maximum absolute atomic E-state index is 5.53. The zero-order valence-electron chi connectivity index (χ0n) is 34.2. The van der Waals surface area contributed by atoms with Crippen LogP contribution in [-0.4, -0.2) is 19.9 Å². The SMILES string of the molecule is c1ccc(-c2cc(-c3cc(-c4nc(-c5ccccc5)nc(-c5ccccc5)n4)c4ccccc4c3)c3cc4c(cc3n2)C(c2ccccc2)(c2ccccc2)c2ccccc2-4)cc1. The van der Waals surface area contributed by atoms with Crippen LogP contribution < -0.4 is 0 Å². The Hall–Kier alpha value is -8.34. The molecule has 0 unspecified atom stereocenters. The quantitative estimate of drug-likeness (QED) is 0.161.